The van der Waals surface area contributed by atoms with Crippen molar-refractivity contribution in [3.8, 4) is 23.0 Å². The van der Waals surface area contributed by atoms with Crippen LogP contribution < -0.4 is 14.8 Å². The third-order valence-electron chi connectivity index (χ3n) is 3.82. The van der Waals surface area contributed by atoms with Crippen molar-refractivity contribution >= 4 is 28.5 Å². The number of methoxy groups -OCH3 is 1. The largest absolute Gasteiger partial charge is 0.497 e. The number of aromatic nitrogens is 2. The lowest BCUT2D eigenvalue weighted by atomic mass is 10.2. The summed E-state index contributed by atoms with van der Waals surface area (Å²) in [4.78, 5) is 15.5. The number of carbonyl (C=O) groups is 1. The van der Waals surface area contributed by atoms with Crippen molar-refractivity contribution in [2.75, 3.05) is 12.9 Å². The first-order chi connectivity index (χ1) is 13.7. The number of aliphatic imine (C=N–C) groups is 1. The first-order valence-corrected chi connectivity index (χ1v) is 9.39. The van der Waals surface area contributed by atoms with Gasteiger partial charge in [-0.25, -0.2) is 4.99 Å². The van der Waals surface area contributed by atoms with Crippen LogP contribution in [0.5, 0.6) is 11.5 Å². The Kier molecular flexibility index (Phi) is 5.24. The van der Waals surface area contributed by atoms with E-state index in [-0.39, 0.29) is 12.5 Å². The summed E-state index contributed by atoms with van der Waals surface area (Å²) in [5.41, 5.74) is 1.54. The average molecular weight is 396 g/mol. The minimum atomic E-state index is -0.0303. The Morgan fingerprint density at radius 1 is 1.11 bits per heavy atom. The molecule has 2 heterocycles. The summed E-state index contributed by atoms with van der Waals surface area (Å²) in [5, 5.41) is 11.3. The monoisotopic (exact) mass is 396 g/mol. The Morgan fingerprint density at radius 2 is 1.86 bits per heavy atom. The first-order valence-electron chi connectivity index (χ1n) is 8.40. The molecule has 2 aromatic carbocycles. The molecular formula is C19H16N4O4S. The summed E-state index contributed by atoms with van der Waals surface area (Å²) in [5.74, 6) is 2.58. The van der Waals surface area contributed by atoms with Crippen LogP contribution in [0.1, 0.15) is 5.89 Å². The predicted molar refractivity (Wildman–Crippen MR) is 105 cm³/mol. The maximum Gasteiger partial charge on any atom is 0.254 e. The smallest absolute Gasteiger partial charge is 0.254 e. The molecule has 0 atom stereocenters. The molecule has 1 amide bonds. The zero-order valence-electron chi connectivity index (χ0n) is 14.9. The third kappa shape index (κ3) is 4.32. The third-order valence-corrected chi connectivity index (χ3v) is 4.69. The summed E-state index contributed by atoms with van der Waals surface area (Å²) >= 11 is 1.38. The molecular weight excluding hydrogens is 380 g/mol. The highest BCUT2D eigenvalue weighted by molar-refractivity contribution is 8.15. The molecule has 1 N–H and O–H groups in total. The molecule has 3 aromatic rings. The molecule has 0 aliphatic carbocycles. The Bertz CT molecular complexity index is 1000. The number of ether oxygens (including phenoxy) is 2. The number of hydrogen-bond donors (Lipinski definition) is 1. The van der Waals surface area contributed by atoms with Crippen LogP contribution in [0.3, 0.4) is 0 Å². The maximum atomic E-state index is 11.2. The zero-order chi connectivity index (χ0) is 19.3. The Labute approximate surface area is 165 Å². The van der Waals surface area contributed by atoms with Gasteiger partial charge in [0.2, 0.25) is 11.8 Å². The summed E-state index contributed by atoms with van der Waals surface area (Å²) in [7, 11) is 1.61. The molecule has 9 heteroatoms. The number of nitrogens with zero attached hydrogens (tertiary/aromatic N) is 3. The summed E-state index contributed by atoms with van der Waals surface area (Å²) in [6.45, 7) is 0.156. The number of benzene rings is 2. The van der Waals surface area contributed by atoms with E-state index in [1.165, 1.54) is 11.8 Å². The summed E-state index contributed by atoms with van der Waals surface area (Å²) < 4.78 is 16.4. The van der Waals surface area contributed by atoms with E-state index in [1.807, 2.05) is 36.4 Å². The number of rotatable bonds is 6. The Morgan fingerprint density at radius 3 is 2.54 bits per heavy atom. The number of carbonyl (C=O) groups excluding carboxylic acids is 1. The normalized spacial score (nSPS) is 14.9. The van der Waals surface area contributed by atoms with Crippen molar-refractivity contribution in [2.45, 2.75) is 6.61 Å². The van der Waals surface area contributed by atoms with Gasteiger partial charge in [0, 0.05) is 5.56 Å². The summed E-state index contributed by atoms with van der Waals surface area (Å²) in [6.07, 6.45) is 0. The van der Waals surface area contributed by atoms with Crippen LogP contribution >= 0.6 is 11.8 Å². The number of amidine groups is 1. The first kappa shape index (κ1) is 18.1. The van der Waals surface area contributed by atoms with Gasteiger partial charge >= 0.3 is 0 Å². The van der Waals surface area contributed by atoms with Crippen LogP contribution in [0, 0.1) is 0 Å². The van der Waals surface area contributed by atoms with Gasteiger partial charge in [-0.05, 0) is 48.5 Å². The van der Waals surface area contributed by atoms with E-state index >= 15 is 0 Å². The van der Waals surface area contributed by atoms with Gasteiger partial charge < -0.3 is 19.2 Å². The molecule has 142 valence electrons. The van der Waals surface area contributed by atoms with Crippen molar-refractivity contribution < 1.29 is 18.7 Å². The van der Waals surface area contributed by atoms with Gasteiger partial charge in [-0.1, -0.05) is 11.8 Å². The van der Waals surface area contributed by atoms with Crippen LogP contribution in [-0.2, 0) is 11.4 Å². The maximum absolute atomic E-state index is 11.2. The molecule has 1 aliphatic rings. The van der Waals surface area contributed by atoms with Crippen LogP contribution in [0.2, 0.25) is 0 Å². The number of thioether (sulfide) groups is 1. The molecule has 0 bridgehead atoms. The van der Waals surface area contributed by atoms with Gasteiger partial charge in [0.15, 0.2) is 11.8 Å². The molecule has 1 aliphatic heterocycles. The van der Waals surface area contributed by atoms with Gasteiger partial charge in [0.05, 0.1) is 18.6 Å². The predicted octanol–water partition coefficient (Wildman–Crippen LogP) is 3.17. The molecule has 8 nitrogen and oxygen atoms in total. The lowest BCUT2D eigenvalue weighted by Gasteiger charge is -2.03. The van der Waals surface area contributed by atoms with Gasteiger partial charge in [-0.3, -0.25) is 4.79 Å². The average Bonchev–Trinajstić information content (AvgIpc) is 3.36. The zero-order valence-corrected chi connectivity index (χ0v) is 15.7. The second kappa shape index (κ2) is 8.13. The molecule has 0 radical (unpaired) electrons. The highest BCUT2D eigenvalue weighted by atomic mass is 32.2. The van der Waals surface area contributed by atoms with Crippen LogP contribution in [0.25, 0.3) is 11.5 Å². The molecule has 1 saturated heterocycles. The topological polar surface area (TPSA) is 98.8 Å². The second-order valence-corrected chi connectivity index (χ2v) is 6.73. The van der Waals surface area contributed by atoms with Crippen LogP contribution in [-0.4, -0.2) is 34.1 Å². The SMILES string of the molecule is COc1ccc(-c2nnc(COc3ccc(N=C4NC(=O)CS4)cc3)o2)cc1. The van der Waals surface area contributed by atoms with Gasteiger partial charge in [-0.2, -0.15) is 0 Å². The van der Waals surface area contributed by atoms with Crippen molar-refractivity contribution in [1.29, 1.82) is 0 Å². The van der Waals surface area contributed by atoms with E-state index in [9.17, 15) is 4.79 Å². The van der Waals surface area contributed by atoms with Crippen LogP contribution in [0.15, 0.2) is 57.9 Å². The fourth-order valence-electron chi connectivity index (χ4n) is 2.43. The van der Waals surface area contributed by atoms with E-state index in [0.717, 1.165) is 17.0 Å². The fourth-order valence-corrected chi connectivity index (χ4v) is 3.12. The molecule has 0 unspecified atom stereocenters. The van der Waals surface area contributed by atoms with Crippen LogP contribution in [0.4, 0.5) is 5.69 Å². The summed E-state index contributed by atoms with van der Waals surface area (Å²) in [6, 6.07) is 14.6. The quantitative estimate of drug-likeness (QED) is 0.683. The van der Waals surface area contributed by atoms with Gasteiger partial charge in [-0.15, -0.1) is 10.2 Å². The standard InChI is InChI=1S/C19H16N4O4S/c1-25-14-6-2-12(3-7-14)18-23-22-17(27-18)10-26-15-8-4-13(5-9-15)20-19-21-16(24)11-28-19/h2-9H,10-11H2,1H3,(H,20,21,24). The molecule has 1 fully saturated rings. The van der Waals surface area contributed by atoms with E-state index in [1.54, 1.807) is 19.2 Å². The Hall–Kier alpha value is -3.33. The molecule has 0 spiro atoms. The highest BCUT2D eigenvalue weighted by Gasteiger charge is 2.16. The number of hydrogen-bond acceptors (Lipinski definition) is 8. The van der Waals surface area contributed by atoms with E-state index in [2.05, 4.69) is 20.5 Å². The molecule has 0 saturated carbocycles. The molecule has 1 aromatic heterocycles. The van der Waals surface area contributed by atoms with E-state index in [4.69, 9.17) is 13.9 Å². The minimum absolute atomic E-state index is 0.0303. The Balaban J connectivity index is 1.35. The second-order valence-electron chi connectivity index (χ2n) is 5.77. The number of amides is 1. The lowest BCUT2D eigenvalue weighted by molar-refractivity contribution is -0.116. The molecule has 4 rings (SSSR count). The fraction of sp³-hybridized carbons (Fsp3) is 0.158. The van der Waals surface area contributed by atoms with Gasteiger partial charge in [0.1, 0.15) is 11.5 Å². The molecule has 28 heavy (non-hydrogen) atoms. The lowest BCUT2D eigenvalue weighted by Crippen LogP contribution is -2.19. The van der Waals surface area contributed by atoms with E-state index < -0.39 is 0 Å². The van der Waals surface area contributed by atoms with Crippen molar-refractivity contribution in [3.05, 3.63) is 54.4 Å². The van der Waals surface area contributed by atoms with Crippen molar-refractivity contribution in [3.63, 3.8) is 0 Å². The number of nitrogens with one attached hydrogen (secondary N) is 1. The van der Waals surface area contributed by atoms with Crippen molar-refractivity contribution in [2.24, 2.45) is 4.99 Å². The minimum Gasteiger partial charge on any atom is -0.497 e. The van der Waals surface area contributed by atoms with E-state index in [0.29, 0.717) is 28.5 Å². The van der Waals surface area contributed by atoms with Crippen molar-refractivity contribution in [1.82, 2.24) is 15.5 Å². The van der Waals surface area contributed by atoms with Gasteiger partial charge in [0.25, 0.3) is 5.89 Å². The highest BCUT2D eigenvalue weighted by Crippen LogP contribution is 2.23.